The molecule has 0 atom stereocenters. The van der Waals surface area contributed by atoms with Crippen LogP contribution in [0.4, 0.5) is 14.5 Å². The molecular weight excluding hydrogens is 408 g/mol. The molecule has 0 saturated heterocycles. The van der Waals surface area contributed by atoms with Crippen LogP contribution in [0.1, 0.15) is 15.9 Å². The third kappa shape index (κ3) is 4.52. The number of rotatable bonds is 6. The van der Waals surface area contributed by atoms with Gasteiger partial charge in [0.05, 0.1) is 5.69 Å². The second kappa shape index (κ2) is 8.83. The van der Waals surface area contributed by atoms with Gasteiger partial charge >= 0.3 is 0 Å². The average molecular weight is 423 g/mol. The molecule has 6 nitrogen and oxygen atoms in total. The lowest BCUT2D eigenvalue weighted by Crippen LogP contribution is -2.12. The normalized spacial score (nSPS) is 10.7. The molecule has 0 saturated carbocycles. The summed E-state index contributed by atoms with van der Waals surface area (Å²) in [4.78, 5) is 12.4. The Kier molecular flexibility index (Phi) is 5.80. The van der Waals surface area contributed by atoms with Gasteiger partial charge in [-0.25, -0.2) is 8.78 Å². The van der Waals surface area contributed by atoms with E-state index in [1.807, 2.05) is 30.3 Å². The number of tetrazole rings is 1. The van der Waals surface area contributed by atoms with Crippen molar-refractivity contribution >= 4 is 23.4 Å². The zero-order valence-electron chi connectivity index (χ0n) is 15.5. The first-order valence-electron chi connectivity index (χ1n) is 8.92. The van der Waals surface area contributed by atoms with Crippen LogP contribution in [0.25, 0.3) is 5.69 Å². The lowest BCUT2D eigenvalue weighted by atomic mass is 10.2. The number of hydrogen-bond donors (Lipinski definition) is 1. The number of nitrogens with one attached hydrogen (secondary N) is 1. The second-order valence-corrected chi connectivity index (χ2v) is 7.22. The van der Waals surface area contributed by atoms with E-state index in [0.29, 0.717) is 16.4 Å². The van der Waals surface area contributed by atoms with Crippen LogP contribution in [-0.2, 0) is 5.75 Å². The van der Waals surface area contributed by atoms with Crippen LogP contribution in [0.5, 0.6) is 0 Å². The summed E-state index contributed by atoms with van der Waals surface area (Å²) < 4.78 is 27.9. The number of nitrogens with zero attached hydrogens (tertiary/aromatic N) is 4. The fourth-order valence-electron chi connectivity index (χ4n) is 2.68. The van der Waals surface area contributed by atoms with Crippen LogP contribution in [0.2, 0.25) is 0 Å². The lowest BCUT2D eigenvalue weighted by Gasteiger charge is -2.08. The summed E-state index contributed by atoms with van der Waals surface area (Å²) in [6.07, 6.45) is 0. The highest BCUT2D eigenvalue weighted by Gasteiger charge is 2.12. The van der Waals surface area contributed by atoms with Crippen molar-refractivity contribution in [1.29, 1.82) is 0 Å². The molecule has 0 fully saturated rings. The van der Waals surface area contributed by atoms with Gasteiger partial charge in [0.15, 0.2) is 11.6 Å². The number of carbonyl (C=O) groups excluding carboxylic acids is 1. The van der Waals surface area contributed by atoms with Crippen LogP contribution >= 0.6 is 11.8 Å². The Morgan fingerprint density at radius 1 is 0.967 bits per heavy atom. The number of carbonyl (C=O) groups is 1. The van der Waals surface area contributed by atoms with Gasteiger partial charge in [-0.15, -0.1) is 5.10 Å². The Hall–Kier alpha value is -3.59. The average Bonchev–Trinajstić information content (AvgIpc) is 3.24. The lowest BCUT2D eigenvalue weighted by molar-refractivity contribution is 0.102. The number of thioether (sulfide) groups is 1. The number of halogens is 2. The maximum absolute atomic E-state index is 13.3. The molecule has 9 heteroatoms. The highest BCUT2D eigenvalue weighted by Crippen LogP contribution is 2.23. The molecule has 0 spiro atoms. The molecule has 1 amide bonds. The van der Waals surface area contributed by atoms with Gasteiger partial charge in [-0.1, -0.05) is 42.1 Å². The first-order chi connectivity index (χ1) is 14.6. The molecule has 0 aliphatic rings. The Bertz CT molecular complexity index is 1170. The van der Waals surface area contributed by atoms with Gasteiger partial charge in [0.1, 0.15) is 0 Å². The van der Waals surface area contributed by atoms with Crippen LogP contribution in [0.15, 0.2) is 78.0 Å². The van der Waals surface area contributed by atoms with E-state index in [-0.39, 0.29) is 5.69 Å². The van der Waals surface area contributed by atoms with E-state index in [9.17, 15) is 13.6 Å². The molecule has 0 bridgehead atoms. The van der Waals surface area contributed by atoms with Gasteiger partial charge in [-0.3, -0.25) is 4.79 Å². The van der Waals surface area contributed by atoms with Crippen molar-refractivity contribution in [2.75, 3.05) is 5.32 Å². The van der Waals surface area contributed by atoms with Gasteiger partial charge in [0.2, 0.25) is 5.16 Å². The number of aromatic nitrogens is 4. The van der Waals surface area contributed by atoms with Gasteiger partial charge in [-0.2, -0.15) is 4.68 Å². The molecular formula is C21H15F2N5OS. The van der Waals surface area contributed by atoms with Crippen LogP contribution < -0.4 is 5.32 Å². The zero-order valence-corrected chi connectivity index (χ0v) is 16.3. The van der Waals surface area contributed by atoms with Crippen molar-refractivity contribution in [1.82, 2.24) is 20.2 Å². The van der Waals surface area contributed by atoms with E-state index in [1.54, 1.807) is 28.9 Å². The van der Waals surface area contributed by atoms with Crippen molar-refractivity contribution < 1.29 is 13.6 Å². The monoisotopic (exact) mass is 423 g/mol. The van der Waals surface area contributed by atoms with Gasteiger partial charge in [0.25, 0.3) is 5.91 Å². The Balaban J connectivity index is 1.45. The molecule has 0 unspecified atom stereocenters. The quantitative estimate of drug-likeness (QED) is 0.463. The highest BCUT2D eigenvalue weighted by molar-refractivity contribution is 7.98. The van der Waals surface area contributed by atoms with Crippen molar-refractivity contribution in [3.8, 4) is 5.69 Å². The summed E-state index contributed by atoms with van der Waals surface area (Å²) in [6.45, 7) is 0. The van der Waals surface area contributed by atoms with E-state index >= 15 is 0 Å². The van der Waals surface area contributed by atoms with Crippen molar-refractivity contribution in [2.45, 2.75) is 10.9 Å². The number of benzene rings is 3. The molecule has 1 N–H and O–H groups in total. The van der Waals surface area contributed by atoms with Gasteiger partial charge in [0, 0.05) is 23.1 Å². The van der Waals surface area contributed by atoms with Crippen LogP contribution in [0, 0.1) is 11.6 Å². The van der Waals surface area contributed by atoms with Gasteiger partial charge in [-0.05, 0) is 52.4 Å². The van der Waals surface area contributed by atoms with E-state index in [4.69, 9.17) is 0 Å². The van der Waals surface area contributed by atoms with Crippen molar-refractivity contribution in [3.63, 3.8) is 0 Å². The second-order valence-electron chi connectivity index (χ2n) is 6.28. The smallest absolute Gasteiger partial charge is 0.255 e. The highest BCUT2D eigenvalue weighted by atomic mass is 32.2. The summed E-state index contributed by atoms with van der Waals surface area (Å²) in [5.41, 5.74) is 2.37. The molecule has 0 aliphatic carbocycles. The standard InChI is InChI=1S/C21H15F2N5OS/c22-18-11-8-16(12-19(18)23)24-20(29)15-6-9-17(10-7-15)28-21(25-26-27-28)30-13-14-4-2-1-3-5-14/h1-12H,13H2,(H,24,29). The topological polar surface area (TPSA) is 72.7 Å². The maximum atomic E-state index is 13.3. The van der Waals surface area contributed by atoms with Crippen LogP contribution in [-0.4, -0.2) is 26.1 Å². The fraction of sp³-hybridized carbons (Fsp3) is 0.0476. The largest absolute Gasteiger partial charge is 0.322 e. The Morgan fingerprint density at radius 3 is 2.47 bits per heavy atom. The molecule has 4 rings (SSSR count). The predicted octanol–water partition coefficient (Wildman–Crippen LogP) is 4.49. The Labute approximate surface area is 174 Å². The van der Waals surface area contributed by atoms with E-state index in [2.05, 4.69) is 20.8 Å². The summed E-state index contributed by atoms with van der Waals surface area (Å²) in [7, 11) is 0. The third-order valence-corrected chi connectivity index (χ3v) is 5.19. The minimum Gasteiger partial charge on any atom is -0.322 e. The molecule has 1 heterocycles. The third-order valence-electron chi connectivity index (χ3n) is 4.20. The summed E-state index contributed by atoms with van der Waals surface area (Å²) in [6, 6.07) is 19.8. The molecule has 3 aromatic carbocycles. The molecule has 0 radical (unpaired) electrons. The molecule has 1 aromatic heterocycles. The van der Waals surface area contributed by atoms with Gasteiger partial charge < -0.3 is 5.32 Å². The maximum Gasteiger partial charge on any atom is 0.255 e. The van der Waals surface area contributed by atoms with E-state index in [1.165, 1.54) is 17.8 Å². The molecule has 150 valence electrons. The summed E-state index contributed by atoms with van der Waals surface area (Å²) >= 11 is 1.50. The molecule has 0 aliphatic heterocycles. The number of amides is 1. The minimum absolute atomic E-state index is 0.169. The number of hydrogen-bond acceptors (Lipinski definition) is 5. The predicted molar refractivity (Wildman–Crippen MR) is 109 cm³/mol. The summed E-state index contributed by atoms with van der Waals surface area (Å²) in [5.74, 6) is -1.72. The Morgan fingerprint density at radius 2 is 1.73 bits per heavy atom. The van der Waals surface area contributed by atoms with Crippen LogP contribution in [0.3, 0.4) is 0 Å². The zero-order chi connectivity index (χ0) is 20.9. The molecule has 30 heavy (non-hydrogen) atoms. The SMILES string of the molecule is O=C(Nc1ccc(F)c(F)c1)c1ccc(-n2nnnc2SCc2ccccc2)cc1. The van der Waals surface area contributed by atoms with E-state index < -0.39 is 17.5 Å². The fourth-order valence-corrected chi connectivity index (χ4v) is 3.53. The van der Waals surface area contributed by atoms with Crippen molar-refractivity contribution in [2.24, 2.45) is 0 Å². The van der Waals surface area contributed by atoms with Crippen molar-refractivity contribution in [3.05, 3.63) is 95.6 Å². The first-order valence-corrected chi connectivity index (χ1v) is 9.90. The van der Waals surface area contributed by atoms with E-state index in [0.717, 1.165) is 23.4 Å². The first kappa shape index (κ1) is 19.7. The minimum atomic E-state index is -1.03. The molecule has 4 aromatic rings. The number of anilines is 1. The summed E-state index contributed by atoms with van der Waals surface area (Å²) in [5, 5.41) is 15.0.